The van der Waals surface area contributed by atoms with Gasteiger partial charge in [-0.1, -0.05) is 0 Å². The minimum atomic E-state index is -0.992. The summed E-state index contributed by atoms with van der Waals surface area (Å²) in [5.41, 5.74) is -2.33. The molecule has 0 N–H and O–H groups in total. The van der Waals surface area contributed by atoms with E-state index in [2.05, 4.69) is 9.47 Å². The largest absolute Gasteiger partial charge is 0.465 e. The molecule has 1 rings (SSSR count). The lowest BCUT2D eigenvalue weighted by molar-refractivity contribution is 0.0530. The summed E-state index contributed by atoms with van der Waals surface area (Å²) >= 11 is 0. The Balaban J connectivity index is 4.20. The fraction of sp³-hybridized carbons (Fsp3) is 0.500. The van der Waals surface area contributed by atoms with E-state index in [9.17, 15) is 19.2 Å². The van der Waals surface area contributed by atoms with Crippen molar-refractivity contribution in [1.29, 1.82) is 0 Å². The first-order valence-corrected chi connectivity index (χ1v) is 7.19. The van der Waals surface area contributed by atoms with E-state index >= 15 is 0 Å². The van der Waals surface area contributed by atoms with Crippen LogP contribution in [0.15, 0.2) is 0 Å². The Morgan fingerprint density at radius 2 is 0.920 bits per heavy atom. The zero-order valence-electron chi connectivity index (χ0n) is 15.2. The molecule has 0 aliphatic rings. The van der Waals surface area contributed by atoms with Crippen molar-refractivity contribution in [3.63, 3.8) is 0 Å². The number of methoxy groups -OCH3 is 4. The number of nitrogens with zero attached hydrogens (tertiary/aromatic N) is 1. The van der Waals surface area contributed by atoms with E-state index in [1.807, 2.05) is 0 Å². The molecule has 1 heterocycles. The number of hydrogen-bond donors (Lipinski definition) is 0. The van der Waals surface area contributed by atoms with Crippen LogP contribution < -0.4 is 0 Å². The van der Waals surface area contributed by atoms with E-state index < -0.39 is 40.5 Å². The molecule has 0 aromatic carbocycles. The van der Waals surface area contributed by atoms with Gasteiger partial charge in [-0.05, 0) is 20.8 Å². The molecular formula is C16H21NO8. The molecule has 0 aliphatic heterocycles. The van der Waals surface area contributed by atoms with Gasteiger partial charge in [0.15, 0.2) is 0 Å². The van der Waals surface area contributed by atoms with Gasteiger partial charge in [0, 0.05) is 5.54 Å². The first kappa shape index (κ1) is 20.2. The van der Waals surface area contributed by atoms with E-state index in [0.717, 1.165) is 28.4 Å². The van der Waals surface area contributed by atoms with Crippen molar-refractivity contribution in [2.24, 2.45) is 0 Å². The van der Waals surface area contributed by atoms with Crippen molar-refractivity contribution >= 4 is 23.9 Å². The summed E-state index contributed by atoms with van der Waals surface area (Å²) in [5, 5.41) is 0. The highest BCUT2D eigenvalue weighted by Crippen LogP contribution is 2.32. The third-order valence-corrected chi connectivity index (χ3v) is 3.38. The predicted molar refractivity (Wildman–Crippen MR) is 84.8 cm³/mol. The lowest BCUT2D eigenvalue weighted by Crippen LogP contribution is -2.31. The molecule has 0 saturated carbocycles. The Morgan fingerprint density at radius 3 is 1.12 bits per heavy atom. The number of esters is 4. The highest BCUT2D eigenvalue weighted by Gasteiger charge is 2.41. The monoisotopic (exact) mass is 355 g/mol. The Labute approximate surface area is 144 Å². The Kier molecular flexibility index (Phi) is 5.96. The second-order valence-electron chi connectivity index (χ2n) is 5.92. The van der Waals surface area contributed by atoms with Gasteiger partial charge < -0.3 is 23.5 Å². The lowest BCUT2D eigenvalue weighted by atomic mass is 10.1. The van der Waals surface area contributed by atoms with Gasteiger partial charge in [-0.15, -0.1) is 0 Å². The van der Waals surface area contributed by atoms with Gasteiger partial charge in [0.1, 0.15) is 22.5 Å². The molecule has 0 spiro atoms. The van der Waals surface area contributed by atoms with Crippen LogP contribution in [0.25, 0.3) is 0 Å². The molecule has 1 aromatic heterocycles. The molecular weight excluding hydrogens is 334 g/mol. The van der Waals surface area contributed by atoms with Gasteiger partial charge in [0.05, 0.1) is 28.4 Å². The number of carbonyl (C=O) groups excluding carboxylic acids is 4. The van der Waals surface area contributed by atoms with Gasteiger partial charge in [0.2, 0.25) is 0 Å². The maximum atomic E-state index is 12.4. The Bertz CT molecular complexity index is 670. The van der Waals surface area contributed by atoms with Crippen LogP contribution >= 0.6 is 0 Å². The second kappa shape index (κ2) is 7.37. The third kappa shape index (κ3) is 3.49. The first-order chi connectivity index (χ1) is 11.6. The highest BCUT2D eigenvalue weighted by molar-refractivity contribution is 6.15. The van der Waals surface area contributed by atoms with E-state index in [1.54, 1.807) is 20.8 Å². The smallest absolute Gasteiger partial charge is 0.355 e. The fourth-order valence-corrected chi connectivity index (χ4v) is 2.42. The van der Waals surface area contributed by atoms with Crippen LogP contribution in [0.5, 0.6) is 0 Å². The molecule has 0 radical (unpaired) electrons. The molecule has 138 valence electrons. The van der Waals surface area contributed by atoms with E-state index in [0.29, 0.717) is 0 Å². The summed E-state index contributed by atoms with van der Waals surface area (Å²) in [4.78, 5) is 49.3. The minimum Gasteiger partial charge on any atom is -0.465 e. The van der Waals surface area contributed by atoms with E-state index in [4.69, 9.17) is 9.47 Å². The number of hydrogen-bond acceptors (Lipinski definition) is 8. The predicted octanol–water partition coefficient (Wildman–Crippen LogP) is 1.39. The molecule has 0 bridgehead atoms. The molecule has 0 fully saturated rings. The average molecular weight is 355 g/mol. The van der Waals surface area contributed by atoms with Crippen molar-refractivity contribution in [3.8, 4) is 0 Å². The quantitative estimate of drug-likeness (QED) is 0.588. The summed E-state index contributed by atoms with van der Waals surface area (Å²) in [6.45, 7) is 5.02. The standard InChI is InChI=1S/C16H21NO8/c1-16(2,3)17-10(14(20)24-6)8(12(18)22-4)9(13(19)23-5)11(17)15(21)25-7/h1-7H3. The Hall–Kier alpha value is -2.84. The van der Waals surface area contributed by atoms with Gasteiger partial charge in [-0.2, -0.15) is 0 Å². The van der Waals surface area contributed by atoms with Gasteiger partial charge in [0.25, 0.3) is 0 Å². The van der Waals surface area contributed by atoms with Crippen LogP contribution in [-0.4, -0.2) is 56.9 Å². The molecule has 0 atom stereocenters. The maximum absolute atomic E-state index is 12.4. The topological polar surface area (TPSA) is 110 Å². The van der Waals surface area contributed by atoms with Crippen molar-refractivity contribution in [2.45, 2.75) is 26.3 Å². The molecule has 0 saturated heterocycles. The van der Waals surface area contributed by atoms with Crippen LogP contribution in [0.2, 0.25) is 0 Å². The third-order valence-electron chi connectivity index (χ3n) is 3.38. The lowest BCUT2D eigenvalue weighted by Gasteiger charge is -2.26. The molecule has 9 heteroatoms. The highest BCUT2D eigenvalue weighted by atomic mass is 16.5. The van der Waals surface area contributed by atoms with Crippen molar-refractivity contribution in [1.82, 2.24) is 4.57 Å². The van der Waals surface area contributed by atoms with Crippen LogP contribution in [0, 0.1) is 0 Å². The Morgan fingerprint density at radius 1 is 0.640 bits per heavy atom. The fourth-order valence-electron chi connectivity index (χ4n) is 2.42. The van der Waals surface area contributed by atoms with Crippen LogP contribution in [0.4, 0.5) is 0 Å². The van der Waals surface area contributed by atoms with E-state index in [1.165, 1.54) is 4.57 Å². The van der Waals surface area contributed by atoms with Crippen molar-refractivity contribution < 1.29 is 38.1 Å². The molecule has 25 heavy (non-hydrogen) atoms. The molecule has 9 nitrogen and oxygen atoms in total. The normalized spacial score (nSPS) is 10.8. The van der Waals surface area contributed by atoms with Crippen molar-refractivity contribution in [3.05, 3.63) is 22.5 Å². The average Bonchev–Trinajstić information content (AvgIpc) is 2.95. The van der Waals surface area contributed by atoms with Gasteiger partial charge in [-0.25, -0.2) is 19.2 Å². The summed E-state index contributed by atoms with van der Waals surface area (Å²) in [7, 11) is 4.38. The second-order valence-corrected chi connectivity index (χ2v) is 5.92. The number of carbonyl (C=O) groups is 4. The summed E-state index contributed by atoms with van der Waals surface area (Å²) in [5.74, 6) is -3.82. The van der Waals surface area contributed by atoms with Crippen LogP contribution in [0.1, 0.15) is 62.5 Å². The number of rotatable bonds is 4. The van der Waals surface area contributed by atoms with E-state index in [-0.39, 0.29) is 11.4 Å². The van der Waals surface area contributed by atoms with Gasteiger partial charge >= 0.3 is 23.9 Å². The summed E-state index contributed by atoms with van der Waals surface area (Å²) < 4.78 is 20.0. The molecule has 0 amide bonds. The zero-order chi connectivity index (χ0) is 19.5. The number of ether oxygens (including phenoxy) is 4. The SMILES string of the molecule is COC(=O)c1c(C(=O)OC)c(C(=O)OC)n(C(C)(C)C)c1C(=O)OC. The molecule has 0 unspecified atom stereocenters. The maximum Gasteiger partial charge on any atom is 0.355 e. The van der Waals surface area contributed by atoms with Crippen LogP contribution in [0.3, 0.4) is 0 Å². The van der Waals surface area contributed by atoms with Gasteiger partial charge in [-0.3, -0.25) is 0 Å². The molecule has 0 aliphatic carbocycles. The minimum absolute atomic E-state index is 0.303. The zero-order valence-corrected chi connectivity index (χ0v) is 15.2. The van der Waals surface area contributed by atoms with Crippen LogP contribution in [-0.2, 0) is 24.5 Å². The first-order valence-electron chi connectivity index (χ1n) is 7.19. The summed E-state index contributed by atoms with van der Waals surface area (Å²) in [6.07, 6.45) is 0. The number of aromatic nitrogens is 1. The van der Waals surface area contributed by atoms with Crippen molar-refractivity contribution in [2.75, 3.05) is 28.4 Å². The molecule has 1 aromatic rings. The summed E-state index contributed by atoms with van der Waals surface area (Å²) in [6, 6.07) is 0.